The number of ether oxygens (including phenoxy) is 1. The average Bonchev–Trinajstić information content (AvgIpc) is 2.87. The van der Waals surface area contributed by atoms with Crippen LogP contribution in [0.25, 0.3) is 11.4 Å². The third-order valence-electron chi connectivity index (χ3n) is 6.54. The Morgan fingerprint density at radius 2 is 1.71 bits per heavy atom. The number of hydrogen-bond donors (Lipinski definition) is 1. The van der Waals surface area contributed by atoms with Crippen LogP contribution in [0.3, 0.4) is 0 Å². The summed E-state index contributed by atoms with van der Waals surface area (Å²) >= 11 is 0. The van der Waals surface area contributed by atoms with Crippen molar-refractivity contribution < 1.29 is 9.84 Å². The van der Waals surface area contributed by atoms with Gasteiger partial charge in [-0.25, -0.2) is 9.97 Å². The zero-order valence-corrected chi connectivity index (χ0v) is 21.1. The molecule has 2 heterocycles. The lowest BCUT2D eigenvalue weighted by molar-refractivity contribution is 0.0596. The van der Waals surface area contributed by atoms with Gasteiger partial charge in [0.05, 0.1) is 17.9 Å². The van der Waals surface area contributed by atoms with Crippen LogP contribution in [0, 0.1) is 6.92 Å². The second-order valence-electron chi connectivity index (χ2n) is 9.58. The number of benzene rings is 2. The number of nitrogens with zero attached hydrogens (tertiary/aromatic N) is 4. The molecule has 0 aliphatic carbocycles. The van der Waals surface area contributed by atoms with Gasteiger partial charge in [-0.05, 0) is 19.4 Å². The van der Waals surface area contributed by atoms with Crippen molar-refractivity contribution in [2.24, 2.45) is 0 Å². The van der Waals surface area contributed by atoms with Gasteiger partial charge in [0.15, 0.2) is 5.82 Å². The maximum atomic E-state index is 10.4. The van der Waals surface area contributed by atoms with Crippen LogP contribution in [0.5, 0.6) is 0 Å². The standard InChI is InChI=1S/C29H36N4O2/c1-5-29(3,34)21-32-15-17-33(18-16-32)28-25(19-23-13-11-22(2)12-14-23)26(20-35-4)30-27(31-28)24-9-7-6-8-10-24/h5-14,34H,1,15-21H2,2-4H3. The van der Waals surface area contributed by atoms with Crippen molar-refractivity contribution >= 4 is 5.82 Å². The van der Waals surface area contributed by atoms with E-state index in [0.29, 0.717) is 13.2 Å². The fourth-order valence-electron chi connectivity index (χ4n) is 4.48. The number of methoxy groups -OCH3 is 1. The van der Waals surface area contributed by atoms with Gasteiger partial charge < -0.3 is 14.7 Å². The van der Waals surface area contributed by atoms with Gasteiger partial charge in [-0.1, -0.05) is 66.2 Å². The fraction of sp³-hybridized carbons (Fsp3) is 0.379. The highest BCUT2D eigenvalue weighted by molar-refractivity contribution is 5.61. The molecule has 0 bridgehead atoms. The predicted octanol–water partition coefficient (Wildman–Crippen LogP) is 4.25. The smallest absolute Gasteiger partial charge is 0.161 e. The second kappa shape index (κ2) is 11.1. The van der Waals surface area contributed by atoms with Crippen molar-refractivity contribution in [1.82, 2.24) is 14.9 Å². The molecule has 0 radical (unpaired) electrons. The number of aliphatic hydroxyl groups is 1. The molecule has 1 fully saturated rings. The van der Waals surface area contributed by atoms with Crippen molar-refractivity contribution in [3.8, 4) is 11.4 Å². The van der Waals surface area contributed by atoms with Crippen LogP contribution in [0.1, 0.15) is 29.3 Å². The van der Waals surface area contributed by atoms with E-state index < -0.39 is 5.60 Å². The molecule has 6 nitrogen and oxygen atoms in total. The quantitative estimate of drug-likeness (QED) is 0.470. The van der Waals surface area contributed by atoms with Crippen molar-refractivity contribution in [2.45, 2.75) is 32.5 Å². The molecule has 184 valence electrons. The zero-order valence-electron chi connectivity index (χ0n) is 21.1. The van der Waals surface area contributed by atoms with E-state index in [1.807, 2.05) is 30.3 Å². The van der Waals surface area contributed by atoms with Crippen LogP contribution < -0.4 is 4.90 Å². The molecule has 4 rings (SSSR count). The van der Waals surface area contributed by atoms with Gasteiger partial charge in [0.25, 0.3) is 0 Å². The first-order chi connectivity index (χ1) is 16.9. The minimum atomic E-state index is -0.889. The lowest BCUT2D eigenvalue weighted by Crippen LogP contribution is -2.51. The van der Waals surface area contributed by atoms with Crippen LogP contribution in [-0.2, 0) is 17.8 Å². The van der Waals surface area contributed by atoms with Crippen LogP contribution >= 0.6 is 0 Å². The molecule has 35 heavy (non-hydrogen) atoms. The summed E-state index contributed by atoms with van der Waals surface area (Å²) in [5.74, 6) is 1.69. The molecule has 0 spiro atoms. The molecular formula is C29H36N4O2. The highest BCUT2D eigenvalue weighted by atomic mass is 16.5. The van der Waals surface area contributed by atoms with Gasteiger partial charge in [0, 0.05) is 57.4 Å². The highest BCUT2D eigenvalue weighted by Crippen LogP contribution is 2.29. The molecule has 1 aromatic heterocycles. The second-order valence-corrected chi connectivity index (χ2v) is 9.58. The van der Waals surface area contributed by atoms with Crippen molar-refractivity contribution in [3.63, 3.8) is 0 Å². The van der Waals surface area contributed by atoms with E-state index in [9.17, 15) is 5.11 Å². The number of β-amino-alcohol motifs (C(OH)–C–C–N with tert-alkyl or cyclic N) is 1. The Morgan fingerprint density at radius 1 is 1.03 bits per heavy atom. The summed E-state index contributed by atoms with van der Waals surface area (Å²) in [7, 11) is 1.71. The fourth-order valence-corrected chi connectivity index (χ4v) is 4.48. The Kier molecular flexibility index (Phi) is 7.96. The molecule has 1 saturated heterocycles. The summed E-state index contributed by atoms with van der Waals surface area (Å²) in [5, 5.41) is 10.4. The Bertz CT molecular complexity index is 1120. The third-order valence-corrected chi connectivity index (χ3v) is 6.54. The van der Waals surface area contributed by atoms with E-state index in [0.717, 1.165) is 61.1 Å². The minimum absolute atomic E-state index is 0.429. The first-order valence-corrected chi connectivity index (χ1v) is 12.2. The van der Waals surface area contributed by atoms with Crippen molar-refractivity contribution in [2.75, 3.05) is 44.7 Å². The number of piperazine rings is 1. The molecule has 3 aromatic rings. The SMILES string of the molecule is C=CC(C)(O)CN1CCN(c2nc(-c3ccccc3)nc(COC)c2Cc2ccc(C)cc2)CC1. The Labute approximate surface area is 208 Å². The number of aryl methyl sites for hydroxylation is 1. The highest BCUT2D eigenvalue weighted by Gasteiger charge is 2.27. The van der Waals surface area contributed by atoms with E-state index in [2.05, 4.69) is 47.6 Å². The maximum Gasteiger partial charge on any atom is 0.161 e. The molecule has 0 saturated carbocycles. The molecule has 6 heteroatoms. The van der Waals surface area contributed by atoms with Crippen LogP contribution in [0.15, 0.2) is 67.3 Å². The zero-order chi connectivity index (χ0) is 24.8. The largest absolute Gasteiger partial charge is 0.385 e. The summed E-state index contributed by atoms with van der Waals surface area (Å²) in [6, 6.07) is 18.8. The van der Waals surface area contributed by atoms with Gasteiger partial charge in [-0.2, -0.15) is 0 Å². The minimum Gasteiger partial charge on any atom is -0.385 e. The van der Waals surface area contributed by atoms with Gasteiger partial charge in [-0.15, -0.1) is 6.58 Å². The first kappa shape index (κ1) is 25.0. The van der Waals surface area contributed by atoms with Crippen LogP contribution in [0.4, 0.5) is 5.82 Å². The summed E-state index contributed by atoms with van der Waals surface area (Å²) in [5.41, 5.74) is 4.61. The van der Waals surface area contributed by atoms with Gasteiger partial charge in [0.1, 0.15) is 5.82 Å². The number of rotatable bonds is 9. The normalized spacial score (nSPS) is 16.2. The monoisotopic (exact) mass is 472 g/mol. The lowest BCUT2D eigenvalue weighted by atomic mass is 10.0. The molecule has 1 atom stereocenters. The van der Waals surface area contributed by atoms with Gasteiger partial charge in [0.2, 0.25) is 0 Å². The van der Waals surface area contributed by atoms with Crippen LogP contribution in [0.2, 0.25) is 0 Å². The molecule has 1 aliphatic rings. The van der Waals surface area contributed by atoms with Gasteiger partial charge >= 0.3 is 0 Å². The van der Waals surface area contributed by atoms with Crippen molar-refractivity contribution in [1.29, 1.82) is 0 Å². The average molecular weight is 473 g/mol. The summed E-state index contributed by atoms with van der Waals surface area (Å²) in [4.78, 5) is 14.7. The molecule has 1 N–H and O–H groups in total. The lowest BCUT2D eigenvalue weighted by Gasteiger charge is -2.38. The summed E-state index contributed by atoms with van der Waals surface area (Å²) < 4.78 is 5.59. The summed E-state index contributed by atoms with van der Waals surface area (Å²) in [6.45, 7) is 12.0. The van der Waals surface area contributed by atoms with E-state index in [1.54, 1.807) is 20.1 Å². The van der Waals surface area contributed by atoms with Crippen LogP contribution in [-0.4, -0.2) is 65.4 Å². The van der Waals surface area contributed by atoms with E-state index >= 15 is 0 Å². The predicted molar refractivity (Wildman–Crippen MR) is 142 cm³/mol. The Balaban J connectivity index is 1.70. The van der Waals surface area contributed by atoms with Crippen molar-refractivity contribution in [3.05, 3.63) is 89.6 Å². The number of aromatic nitrogens is 2. The topological polar surface area (TPSA) is 61.7 Å². The van der Waals surface area contributed by atoms with E-state index in [-0.39, 0.29) is 0 Å². The molecule has 0 amide bonds. The first-order valence-electron chi connectivity index (χ1n) is 12.2. The maximum absolute atomic E-state index is 10.4. The Hall–Kier alpha value is -3.06. The molecule has 1 aliphatic heterocycles. The number of hydrogen-bond acceptors (Lipinski definition) is 6. The number of anilines is 1. The van der Waals surface area contributed by atoms with E-state index in [4.69, 9.17) is 14.7 Å². The third kappa shape index (κ3) is 6.34. The van der Waals surface area contributed by atoms with E-state index in [1.165, 1.54) is 11.1 Å². The Morgan fingerprint density at radius 3 is 2.34 bits per heavy atom. The summed E-state index contributed by atoms with van der Waals surface area (Å²) in [6.07, 6.45) is 2.36. The molecular weight excluding hydrogens is 436 g/mol. The molecule has 2 aromatic carbocycles. The molecule has 1 unspecified atom stereocenters. The van der Waals surface area contributed by atoms with Gasteiger partial charge in [-0.3, -0.25) is 4.90 Å².